The number of benzene rings is 1. The van der Waals surface area contributed by atoms with E-state index in [1.54, 1.807) is 24.3 Å². The minimum atomic E-state index is -0.647. The topological polar surface area (TPSA) is 81.7 Å². The average molecular weight is 321 g/mol. The average Bonchev–Trinajstić information content (AvgIpc) is 2.51. The molecule has 126 valence electrons. The predicted octanol–water partition coefficient (Wildman–Crippen LogP) is 2.96. The van der Waals surface area contributed by atoms with Gasteiger partial charge in [-0.1, -0.05) is 6.92 Å². The van der Waals surface area contributed by atoms with Crippen LogP contribution < -0.4 is 10.1 Å². The molecule has 0 saturated heterocycles. The first-order valence-corrected chi connectivity index (χ1v) is 7.50. The molecule has 23 heavy (non-hydrogen) atoms. The van der Waals surface area contributed by atoms with E-state index in [4.69, 9.17) is 9.47 Å². The highest BCUT2D eigenvalue weighted by molar-refractivity contribution is 5.94. The molecule has 0 atom stereocenters. The van der Waals surface area contributed by atoms with Crippen molar-refractivity contribution in [3.05, 3.63) is 29.8 Å². The van der Waals surface area contributed by atoms with Crippen molar-refractivity contribution in [1.82, 2.24) is 5.32 Å². The Labute approximate surface area is 136 Å². The lowest BCUT2D eigenvalue weighted by Crippen LogP contribution is -2.33. The van der Waals surface area contributed by atoms with E-state index in [0.29, 0.717) is 17.7 Å². The van der Waals surface area contributed by atoms with Crippen LogP contribution in [0.1, 0.15) is 44.5 Å². The van der Waals surface area contributed by atoms with Crippen molar-refractivity contribution in [2.24, 2.45) is 5.41 Å². The molecule has 0 heterocycles. The Balaban J connectivity index is 2.32. The first kappa shape index (κ1) is 18.7. The van der Waals surface area contributed by atoms with Crippen molar-refractivity contribution in [1.29, 1.82) is 0 Å². The Kier molecular flexibility index (Phi) is 6.75. The third-order valence-electron chi connectivity index (χ3n) is 3.51. The summed E-state index contributed by atoms with van der Waals surface area (Å²) < 4.78 is 10.1. The molecule has 1 N–H and O–H groups in total. The van der Waals surface area contributed by atoms with Crippen molar-refractivity contribution in [3.63, 3.8) is 0 Å². The highest BCUT2D eigenvalue weighted by Gasteiger charge is 2.26. The van der Waals surface area contributed by atoms with Crippen LogP contribution in [0.3, 0.4) is 0 Å². The molecule has 1 rings (SSSR count). The van der Waals surface area contributed by atoms with E-state index in [1.807, 2.05) is 20.8 Å². The van der Waals surface area contributed by atoms with Crippen molar-refractivity contribution >= 4 is 17.8 Å². The Hall–Kier alpha value is -2.37. The molecule has 0 aliphatic carbocycles. The number of carbonyl (C=O) groups is 3. The summed E-state index contributed by atoms with van der Waals surface area (Å²) in [6, 6.07) is 6.25. The molecule has 0 spiro atoms. The fourth-order valence-corrected chi connectivity index (χ4v) is 1.54. The fraction of sp³-hybridized carbons (Fsp3) is 0.471. The molecule has 1 aromatic rings. The first-order valence-electron chi connectivity index (χ1n) is 7.50. The summed E-state index contributed by atoms with van der Waals surface area (Å²) >= 11 is 0. The maximum atomic E-state index is 11.7. The SMILES string of the molecule is CCC(C)(C)C(=O)OCCNC(=O)Oc1ccc(C(C)=O)cc1. The largest absolute Gasteiger partial charge is 0.463 e. The minimum absolute atomic E-state index is 0.0576. The van der Waals surface area contributed by atoms with Crippen molar-refractivity contribution in [2.75, 3.05) is 13.2 Å². The number of carbonyl (C=O) groups excluding carboxylic acids is 3. The van der Waals surface area contributed by atoms with Gasteiger partial charge in [-0.05, 0) is 51.5 Å². The van der Waals surface area contributed by atoms with Gasteiger partial charge < -0.3 is 14.8 Å². The van der Waals surface area contributed by atoms with E-state index in [1.165, 1.54) is 6.92 Å². The maximum Gasteiger partial charge on any atom is 0.412 e. The monoisotopic (exact) mass is 321 g/mol. The zero-order chi connectivity index (χ0) is 17.5. The van der Waals surface area contributed by atoms with Gasteiger partial charge in [-0.25, -0.2) is 4.79 Å². The lowest BCUT2D eigenvalue weighted by Gasteiger charge is -2.20. The zero-order valence-electron chi connectivity index (χ0n) is 14.0. The quantitative estimate of drug-likeness (QED) is 0.474. The van der Waals surface area contributed by atoms with Gasteiger partial charge in [-0.3, -0.25) is 9.59 Å². The Morgan fingerprint density at radius 1 is 1.13 bits per heavy atom. The summed E-state index contributed by atoms with van der Waals surface area (Å²) in [6.07, 6.45) is 0.0313. The van der Waals surface area contributed by atoms with Crippen molar-refractivity contribution in [3.8, 4) is 5.75 Å². The van der Waals surface area contributed by atoms with E-state index in [0.717, 1.165) is 0 Å². The molecule has 0 aliphatic heterocycles. The van der Waals surface area contributed by atoms with Gasteiger partial charge in [0.2, 0.25) is 0 Å². The highest BCUT2D eigenvalue weighted by atomic mass is 16.6. The fourth-order valence-electron chi connectivity index (χ4n) is 1.54. The number of Topliss-reactive ketones (excluding diaryl/α,β-unsaturated/α-hetero) is 1. The van der Waals surface area contributed by atoms with E-state index < -0.39 is 11.5 Å². The Bertz CT molecular complexity index is 563. The number of ketones is 1. The molecule has 6 heteroatoms. The lowest BCUT2D eigenvalue weighted by molar-refractivity contribution is -0.153. The number of nitrogens with one attached hydrogen (secondary N) is 1. The molecule has 1 amide bonds. The van der Waals surface area contributed by atoms with Gasteiger partial charge in [0.25, 0.3) is 0 Å². The van der Waals surface area contributed by atoms with Crippen molar-refractivity contribution in [2.45, 2.75) is 34.1 Å². The standard InChI is InChI=1S/C17H23NO5/c1-5-17(3,4)15(20)22-11-10-18-16(21)23-14-8-6-13(7-9-14)12(2)19/h6-9H,5,10-11H2,1-4H3,(H,18,21). The molecule has 0 aliphatic rings. The molecule has 0 unspecified atom stereocenters. The summed E-state index contributed by atoms with van der Waals surface area (Å²) in [5, 5.41) is 2.49. The first-order chi connectivity index (χ1) is 10.8. The maximum absolute atomic E-state index is 11.7. The van der Waals surface area contributed by atoms with Gasteiger partial charge in [-0.2, -0.15) is 0 Å². The highest BCUT2D eigenvalue weighted by Crippen LogP contribution is 2.21. The van der Waals surface area contributed by atoms with Crippen LogP contribution in [0.15, 0.2) is 24.3 Å². The van der Waals surface area contributed by atoms with E-state index >= 15 is 0 Å². The van der Waals surface area contributed by atoms with E-state index in [-0.39, 0.29) is 24.9 Å². The summed E-state index contributed by atoms with van der Waals surface area (Å²) in [4.78, 5) is 34.5. The second-order valence-corrected chi connectivity index (χ2v) is 5.77. The Morgan fingerprint density at radius 3 is 2.26 bits per heavy atom. The van der Waals surface area contributed by atoms with Crippen LogP contribution >= 0.6 is 0 Å². The predicted molar refractivity (Wildman–Crippen MR) is 85.5 cm³/mol. The second kappa shape index (κ2) is 8.31. The van der Waals surface area contributed by atoms with Crippen LogP contribution in [0.5, 0.6) is 5.75 Å². The smallest absolute Gasteiger partial charge is 0.412 e. The number of amides is 1. The molecule has 0 bridgehead atoms. The number of ether oxygens (including phenoxy) is 2. The molecule has 0 fully saturated rings. The van der Waals surface area contributed by atoms with Gasteiger partial charge in [0.15, 0.2) is 5.78 Å². The number of esters is 1. The van der Waals surface area contributed by atoms with Crippen LogP contribution in [0.25, 0.3) is 0 Å². The van der Waals surface area contributed by atoms with Gasteiger partial charge >= 0.3 is 12.1 Å². The molecule has 0 saturated carbocycles. The third kappa shape index (κ3) is 6.10. The van der Waals surface area contributed by atoms with Gasteiger partial charge in [-0.15, -0.1) is 0 Å². The van der Waals surface area contributed by atoms with Crippen LogP contribution in [0.2, 0.25) is 0 Å². The molecule has 0 radical (unpaired) electrons. The number of rotatable bonds is 7. The third-order valence-corrected chi connectivity index (χ3v) is 3.51. The summed E-state index contributed by atoms with van der Waals surface area (Å²) in [6.45, 7) is 7.23. The van der Waals surface area contributed by atoms with Crippen molar-refractivity contribution < 1.29 is 23.9 Å². The van der Waals surface area contributed by atoms with Crippen LogP contribution in [0, 0.1) is 5.41 Å². The zero-order valence-corrected chi connectivity index (χ0v) is 14.0. The molecular formula is C17H23NO5. The van der Waals surface area contributed by atoms with E-state index in [2.05, 4.69) is 5.32 Å². The van der Waals surface area contributed by atoms with Crippen LogP contribution in [0.4, 0.5) is 4.79 Å². The van der Waals surface area contributed by atoms with Crippen LogP contribution in [-0.2, 0) is 9.53 Å². The van der Waals surface area contributed by atoms with E-state index in [9.17, 15) is 14.4 Å². The Morgan fingerprint density at radius 2 is 1.74 bits per heavy atom. The summed E-state index contributed by atoms with van der Waals surface area (Å²) in [7, 11) is 0. The lowest BCUT2D eigenvalue weighted by atomic mass is 9.91. The van der Waals surface area contributed by atoms with Gasteiger partial charge in [0, 0.05) is 5.56 Å². The van der Waals surface area contributed by atoms with Crippen LogP contribution in [-0.4, -0.2) is 31.0 Å². The second-order valence-electron chi connectivity index (χ2n) is 5.77. The summed E-state index contributed by atoms with van der Waals surface area (Å²) in [5.74, 6) is -0.0237. The summed E-state index contributed by atoms with van der Waals surface area (Å²) in [5.41, 5.74) is 0.0158. The normalized spacial score (nSPS) is 10.8. The number of hydrogen-bond donors (Lipinski definition) is 1. The molecule has 0 aromatic heterocycles. The molecule has 6 nitrogen and oxygen atoms in total. The number of hydrogen-bond acceptors (Lipinski definition) is 5. The minimum Gasteiger partial charge on any atom is -0.463 e. The van der Waals surface area contributed by atoms with Gasteiger partial charge in [0.1, 0.15) is 12.4 Å². The molecule has 1 aromatic carbocycles. The molecular weight excluding hydrogens is 298 g/mol. The van der Waals surface area contributed by atoms with Gasteiger partial charge in [0.05, 0.1) is 12.0 Å².